The molecule has 0 unspecified atom stereocenters. The van der Waals surface area contributed by atoms with Gasteiger partial charge in [-0.05, 0) is 32.9 Å². The van der Waals surface area contributed by atoms with E-state index in [4.69, 9.17) is 0 Å². The number of rotatable bonds is 4. The lowest BCUT2D eigenvalue weighted by Crippen LogP contribution is -2.10. The molecule has 0 aliphatic rings. The lowest BCUT2D eigenvalue weighted by atomic mass is 10.1. The highest BCUT2D eigenvalue weighted by molar-refractivity contribution is 5.31. The SMILES string of the molecule is CCc1c(C)nn(-c2cncc(CNC)n2)c1C. The second-order valence-corrected chi connectivity index (χ2v) is 4.31. The first-order valence-corrected chi connectivity index (χ1v) is 6.18. The maximum atomic E-state index is 4.56. The summed E-state index contributed by atoms with van der Waals surface area (Å²) < 4.78 is 1.88. The maximum absolute atomic E-state index is 4.56. The molecule has 0 amide bonds. The highest BCUT2D eigenvalue weighted by atomic mass is 15.3. The molecule has 96 valence electrons. The molecule has 0 bridgehead atoms. The van der Waals surface area contributed by atoms with Crippen LogP contribution in [0, 0.1) is 13.8 Å². The van der Waals surface area contributed by atoms with E-state index >= 15 is 0 Å². The smallest absolute Gasteiger partial charge is 0.172 e. The molecule has 18 heavy (non-hydrogen) atoms. The summed E-state index contributed by atoms with van der Waals surface area (Å²) in [6, 6.07) is 0. The molecule has 0 saturated carbocycles. The number of aryl methyl sites for hydroxylation is 1. The van der Waals surface area contributed by atoms with E-state index in [9.17, 15) is 0 Å². The third kappa shape index (κ3) is 2.26. The standard InChI is InChI=1S/C13H19N5/c1-5-12-9(2)17-18(10(12)3)13-8-15-7-11(16-13)6-14-4/h7-8,14H,5-6H2,1-4H3. The van der Waals surface area contributed by atoms with Crippen molar-refractivity contribution in [3.63, 3.8) is 0 Å². The van der Waals surface area contributed by atoms with Crippen LogP contribution in [0.1, 0.15) is 29.6 Å². The van der Waals surface area contributed by atoms with Gasteiger partial charge in [0.2, 0.25) is 0 Å². The fourth-order valence-corrected chi connectivity index (χ4v) is 2.17. The Morgan fingerprint density at radius 1 is 1.28 bits per heavy atom. The first-order valence-electron chi connectivity index (χ1n) is 6.18. The first-order chi connectivity index (χ1) is 8.67. The van der Waals surface area contributed by atoms with Crippen molar-refractivity contribution in [3.05, 3.63) is 35.0 Å². The van der Waals surface area contributed by atoms with Crippen molar-refractivity contribution in [1.29, 1.82) is 0 Å². The van der Waals surface area contributed by atoms with Crippen LogP contribution in [0.3, 0.4) is 0 Å². The quantitative estimate of drug-likeness (QED) is 0.888. The minimum Gasteiger partial charge on any atom is -0.314 e. The van der Waals surface area contributed by atoms with Gasteiger partial charge in [0.25, 0.3) is 0 Å². The minimum atomic E-state index is 0.709. The average molecular weight is 245 g/mol. The molecular formula is C13H19N5. The summed E-state index contributed by atoms with van der Waals surface area (Å²) in [7, 11) is 1.90. The second kappa shape index (κ2) is 5.27. The number of nitrogens with zero attached hydrogens (tertiary/aromatic N) is 4. The van der Waals surface area contributed by atoms with Crippen LogP contribution in [0.25, 0.3) is 5.82 Å². The largest absolute Gasteiger partial charge is 0.314 e. The Labute approximate surface area is 107 Å². The molecule has 5 heteroatoms. The maximum Gasteiger partial charge on any atom is 0.172 e. The van der Waals surface area contributed by atoms with E-state index in [1.165, 1.54) is 5.56 Å². The molecule has 2 aromatic rings. The summed E-state index contributed by atoms with van der Waals surface area (Å²) in [5.41, 5.74) is 4.41. The molecule has 0 radical (unpaired) electrons. The molecule has 0 saturated heterocycles. The van der Waals surface area contributed by atoms with Crippen molar-refractivity contribution in [1.82, 2.24) is 25.1 Å². The van der Waals surface area contributed by atoms with E-state index in [2.05, 4.69) is 34.2 Å². The zero-order valence-electron chi connectivity index (χ0n) is 11.4. The van der Waals surface area contributed by atoms with Gasteiger partial charge in [0, 0.05) is 18.4 Å². The van der Waals surface area contributed by atoms with Crippen molar-refractivity contribution in [3.8, 4) is 5.82 Å². The van der Waals surface area contributed by atoms with Gasteiger partial charge in [-0.2, -0.15) is 5.10 Å². The van der Waals surface area contributed by atoms with Crippen LogP contribution in [0.2, 0.25) is 0 Å². The van der Waals surface area contributed by atoms with Gasteiger partial charge in [-0.25, -0.2) is 9.67 Å². The van der Waals surface area contributed by atoms with Crippen LogP contribution < -0.4 is 5.32 Å². The number of nitrogens with one attached hydrogen (secondary N) is 1. The normalized spacial score (nSPS) is 10.9. The minimum absolute atomic E-state index is 0.709. The summed E-state index contributed by atoms with van der Waals surface area (Å²) in [6.45, 7) is 6.96. The van der Waals surface area contributed by atoms with Crippen LogP contribution in [0.15, 0.2) is 12.4 Å². The Morgan fingerprint density at radius 2 is 2.06 bits per heavy atom. The first kappa shape index (κ1) is 12.7. The van der Waals surface area contributed by atoms with Gasteiger partial charge in [0.15, 0.2) is 5.82 Å². The Kier molecular flexibility index (Phi) is 3.72. The molecule has 0 fully saturated rings. The van der Waals surface area contributed by atoms with Crippen molar-refractivity contribution >= 4 is 0 Å². The molecule has 0 aromatic carbocycles. The summed E-state index contributed by atoms with van der Waals surface area (Å²) in [5.74, 6) is 0.781. The summed E-state index contributed by atoms with van der Waals surface area (Å²) >= 11 is 0. The second-order valence-electron chi connectivity index (χ2n) is 4.31. The summed E-state index contributed by atoms with van der Waals surface area (Å²) in [4.78, 5) is 8.78. The zero-order chi connectivity index (χ0) is 13.1. The molecule has 0 spiro atoms. The molecule has 1 N–H and O–H groups in total. The van der Waals surface area contributed by atoms with E-state index in [1.54, 1.807) is 12.4 Å². The lowest BCUT2D eigenvalue weighted by Gasteiger charge is -2.05. The van der Waals surface area contributed by atoms with E-state index in [0.29, 0.717) is 6.54 Å². The third-order valence-corrected chi connectivity index (χ3v) is 3.04. The molecule has 5 nitrogen and oxygen atoms in total. The van der Waals surface area contributed by atoms with Gasteiger partial charge in [0.05, 0.1) is 17.6 Å². The van der Waals surface area contributed by atoms with E-state index < -0.39 is 0 Å². The van der Waals surface area contributed by atoms with Crippen LogP contribution in [-0.2, 0) is 13.0 Å². The predicted molar refractivity (Wildman–Crippen MR) is 70.8 cm³/mol. The highest BCUT2D eigenvalue weighted by Crippen LogP contribution is 2.16. The van der Waals surface area contributed by atoms with Crippen LogP contribution in [-0.4, -0.2) is 26.8 Å². The van der Waals surface area contributed by atoms with Gasteiger partial charge in [0.1, 0.15) is 0 Å². The average Bonchev–Trinajstić information content (AvgIpc) is 2.65. The van der Waals surface area contributed by atoms with Crippen LogP contribution in [0.5, 0.6) is 0 Å². The Hall–Kier alpha value is -1.75. The monoisotopic (exact) mass is 245 g/mol. The van der Waals surface area contributed by atoms with Crippen molar-refractivity contribution in [2.75, 3.05) is 7.05 Å². The van der Waals surface area contributed by atoms with Crippen molar-refractivity contribution in [2.24, 2.45) is 0 Å². The Bertz CT molecular complexity index is 544. The third-order valence-electron chi connectivity index (χ3n) is 3.04. The Morgan fingerprint density at radius 3 is 2.67 bits per heavy atom. The number of aromatic nitrogens is 4. The van der Waals surface area contributed by atoms with Crippen molar-refractivity contribution in [2.45, 2.75) is 33.7 Å². The topological polar surface area (TPSA) is 55.6 Å². The van der Waals surface area contributed by atoms with E-state index in [-0.39, 0.29) is 0 Å². The Balaban J connectivity index is 2.45. The molecule has 0 atom stereocenters. The molecule has 2 aromatic heterocycles. The molecule has 0 aliphatic carbocycles. The van der Waals surface area contributed by atoms with E-state index in [0.717, 1.165) is 29.3 Å². The number of hydrogen-bond acceptors (Lipinski definition) is 4. The van der Waals surface area contributed by atoms with Gasteiger partial charge in [-0.15, -0.1) is 0 Å². The van der Waals surface area contributed by atoms with Gasteiger partial charge < -0.3 is 5.32 Å². The van der Waals surface area contributed by atoms with Crippen molar-refractivity contribution < 1.29 is 0 Å². The molecule has 0 aliphatic heterocycles. The fraction of sp³-hybridized carbons (Fsp3) is 0.462. The predicted octanol–water partition coefficient (Wildman–Crippen LogP) is 1.56. The fourth-order valence-electron chi connectivity index (χ4n) is 2.17. The van der Waals surface area contributed by atoms with Crippen LogP contribution >= 0.6 is 0 Å². The zero-order valence-corrected chi connectivity index (χ0v) is 11.4. The number of hydrogen-bond donors (Lipinski definition) is 1. The van der Waals surface area contributed by atoms with Crippen LogP contribution in [0.4, 0.5) is 0 Å². The van der Waals surface area contributed by atoms with Gasteiger partial charge >= 0.3 is 0 Å². The van der Waals surface area contributed by atoms with E-state index in [1.807, 2.05) is 18.7 Å². The lowest BCUT2D eigenvalue weighted by molar-refractivity contribution is 0.748. The summed E-state index contributed by atoms with van der Waals surface area (Å²) in [5, 5.41) is 7.62. The molecule has 2 heterocycles. The molecule has 2 rings (SSSR count). The van der Waals surface area contributed by atoms with Gasteiger partial charge in [-0.1, -0.05) is 6.92 Å². The molecular weight excluding hydrogens is 226 g/mol. The summed E-state index contributed by atoms with van der Waals surface area (Å²) in [6.07, 6.45) is 4.51. The highest BCUT2D eigenvalue weighted by Gasteiger charge is 2.12. The van der Waals surface area contributed by atoms with Gasteiger partial charge in [-0.3, -0.25) is 4.98 Å².